The summed E-state index contributed by atoms with van der Waals surface area (Å²) in [6.45, 7) is 13.9. The number of carbonyl (C=O) groups excluding carboxylic acids is 1. The molecule has 2 rings (SSSR count). The van der Waals surface area contributed by atoms with Crippen LogP contribution in [-0.4, -0.2) is 12.1 Å². The van der Waals surface area contributed by atoms with Crippen molar-refractivity contribution in [2.24, 2.45) is 4.99 Å². The second-order valence-corrected chi connectivity index (χ2v) is 6.59. The molecule has 1 aliphatic rings. The van der Waals surface area contributed by atoms with Gasteiger partial charge in [0.05, 0.1) is 11.8 Å². The maximum Gasteiger partial charge on any atom is 0.350 e. The van der Waals surface area contributed by atoms with Crippen molar-refractivity contribution in [3.05, 3.63) is 26.0 Å². The van der Waals surface area contributed by atoms with Crippen LogP contribution in [0.3, 0.4) is 0 Å². The first-order chi connectivity index (χ1) is 10.8. The molecule has 1 aromatic heterocycles. The highest BCUT2D eigenvalue weighted by Gasteiger charge is 2.20. The lowest BCUT2D eigenvalue weighted by molar-refractivity contribution is 0.0385. The zero-order valence-corrected chi connectivity index (χ0v) is 16.1. The van der Waals surface area contributed by atoms with Crippen LogP contribution in [0.25, 0.3) is 5.57 Å². The monoisotopic (exact) mass is 336 g/mol. The maximum atomic E-state index is 12.1. The van der Waals surface area contributed by atoms with Crippen LogP contribution in [0, 0.1) is 0 Å². The van der Waals surface area contributed by atoms with Gasteiger partial charge in [0.2, 0.25) is 0 Å². The first-order valence-electron chi connectivity index (χ1n) is 8.21. The molecule has 0 aliphatic carbocycles. The average Bonchev–Trinajstić information content (AvgIpc) is 2.75. The molecule has 23 heavy (non-hydrogen) atoms. The molecule has 2 N–H and O–H groups in total. The van der Waals surface area contributed by atoms with Gasteiger partial charge in [0, 0.05) is 10.9 Å². The number of carbonyl (C=O) groups is 1. The number of anilines is 1. The van der Waals surface area contributed by atoms with Gasteiger partial charge in [-0.25, -0.2) is 9.79 Å². The maximum absolute atomic E-state index is 12.1. The Bertz CT molecular complexity index is 727. The normalized spacial score (nSPS) is 13.8. The highest BCUT2D eigenvalue weighted by molar-refractivity contribution is 7.12. The predicted molar refractivity (Wildman–Crippen MR) is 98.1 cm³/mol. The van der Waals surface area contributed by atoms with Gasteiger partial charge in [-0.1, -0.05) is 26.3 Å². The molecule has 0 unspecified atom stereocenters. The van der Waals surface area contributed by atoms with E-state index >= 15 is 0 Å². The summed E-state index contributed by atoms with van der Waals surface area (Å²) < 4.78 is 6.08. The Kier molecular flexibility index (Phi) is 7.01. The minimum Gasteiger partial charge on any atom is -0.459 e. The Hall–Kier alpha value is -1.62. The van der Waals surface area contributed by atoms with Gasteiger partial charge < -0.3 is 10.5 Å². The number of rotatable bonds is 3. The highest BCUT2D eigenvalue weighted by atomic mass is 32.1. The molecule has 0 fully saturated rings. The highest BCUT2D eigenvalue weighted by Crippen LogP contribution is 2.23. The van der Waals surface area contributed by atoms with Gasteiger partial charge in [-0.3, -0.25) is 0 Å². The fraction of sp³-hybridized carbons (Fsp3) is 0.556. The summed E-state index contributed by atoms with van der Waals surface area (Å²) in [6.07, 6.45) is 1.68. The molecule has 0 atom stereocenters. The van der Waals surface area contributed by atoms with Crippen molar-refractivity contribution in [2.75, 3.05) is 5.73 Å². The van der Waals surface area contributed by atoms with Crippen molar-refractivity contribution < 1.29 is 9.53 Å². The fourth-order valence-electron chi connectivity index (χ4n) is 2.49. The third-order valence-corrected chi connectivity index (χ3v) is 4.65. The first kappa shape index (κ1) is 19.4. The van der Waals surface area contributed by atoms with Crippen LogP contribution in [-0.2, 0) is 4.74 Å². The number of hydrogen-bond acceptors (Lipinski definition) is 5. The van der Waals surface area contributed by atoms with E-state index in [0.29, 0.717) is 10.6 Å². The number of fused-ring (bicyclic) bond motifs is 1. The Morgan fingerprint density at radius 1 is 1.35 bits per heavy atom. The molecule has 5 heteroatoms. The lowest BCUT2D eigenvalue weighted by Crippen LogP contribution is -2.23. The van der Waals surface area contributed by atoms with Crippen molar-refractivity contribution in [3.8, 4) is 0 Å². The molecule has 0 aromatic carbocycles. The van der Waals surface area contributed by atoms with Crippen molar-refractivity contribution >= 4 is 28.6 Å². The third kappa shape index (κ3) is 4.22. The molecular formula is C18H28N2O2S. The number of nitrogen functional groups attached to an aromatic ring is 1. The molecule has 1 aromatic rings. The summed E-state index contributed by atoms with van der Waals surface area (Å²) in [5.74, 6) is -0.360. The van der Waals surface area contributed by atoms with Crippen molar-refractivity contribution in [1.82, 2.24) is 0 Å². The van der Waals surface area contributed by atoms with Gasteiger partial charge in [0.1, 0.15) is 9.55 Å². The van der Waals surface area contributed by atoms with Gasteiger partial charge in [0.25, 0.3) is 0 Å². The van der Waals surface area contributed by atoms with Crippen molar-refractivity contribution in [2.45, 2.75) is 67.4 Å². The van der Waals surface area contributed by atoms with Crippen LogP contribution < -0.4 is 15.6 Å². The Morgan fingerprint density at radius 2 is 1.96 bits per heavy atom. The zero-order valence-electron chi connectivity index (χ0n) is 15.2. The largest absolute Gasteiger partial charge is 0.459 e. The molecule has 0 bridgehead atoms. The number of esters is 1. The van der Waals surface area contributed by atoms with Gasteiger partial charge in [-0.2, -0.15) is 0 Å². The van der Waals surface area contributed by atoms with Crippen molar-refractivity contribution in [1.29, 1.82) is 0 Å². The van der Waals surface area contributed by atoms with Crippen LogP contribution >= 0.6 is 11.3 Å². The fourth-order valence-corrected chi connectivity index (χ4v) is 3.60. The molecule has 1 aliphatic heterocycles. The van der Waals surface area contributed by atoms with E-state index in [0.717, 1.165) is 28.4 Å². The minimum absolute atomic E-state index is 0.158. The van der Waals surface area contributed by atoms with Gasteiger partial charge in [-0.05, 0) is 46.1 Å². The summed E-state index contributed by atoms with van der Waals surface area (Å²) in [7, 11) is 0. The molecule has 4 nitrogen and oxygen atoms in total. The summed E-state index contributed by atoms with van der Waals surface area (Å²) >= 11 is 1.32. The molecule has 0 spiro atoms. The summed E-state index contributed by atoms with van der Waals surface area (Å²) in [6, 6.07) is 0. The summed E-state index contributed by atoms with van der Waals surface area (Å²) in [5.41, 5.74) is 10.2. The minimum atomic E-state index is -0.360. The Morgan fingerprint density at radius 3 is 2.48 bits per heavy atom. The van der Waals surface area contributed by atoms with Crippen LogP contribution in [0.5, 0.6) is 0 Å². The number of nitrogens with zero attached hydrogens (tertiary/aromatic N) is 1. The Balaban J connectivity index is 0.00000127. The van der Waals surface area contributed by atoms with Gasteiger partial charge >= 0.3 is 5.97 Å². The molecule has 0 saturated heterocycles. The first-order valence-corrected chi connectivity index (χ1v) is 9.03. The number of thiophene rings is 1. The average molecular weight is 337 g/mol. The molecule has 0 saturated carbocycles. The standard InChI is InChI=1S/C16H22N2O2S.C2H6/c1-6-11-7-9(4)12-13(17)14(16(19)20-8(2)3)21-15(12)18-10(11)5;1-2/h8H,6-7,17H2,1-5H3;1-2H3. The van der Waals surface area contributed by atoms with Crippen LogP contribution in [0.4, 0.5) is 5.69 Å². The molecule has 0 amide bonds. The van der Waals surface area contributed by atoms with Crippen LogP contribution in [0.2, 0.25) is 0 Å². The van der Waals surface area contributed by atoms with E-state index in [1.54, 1.807) is 0 Å². The van der Waals surface area contributed by atoms with Crippen LogP contribution in [0.1, 0.15) is 71.0 Å². The number of ether oxygens (including phenoxy) is 1. The van der Waals surface area contributed by atoms with Crippen LogP contribution in [0.15, 0.2) is 16.3 Å². The Labute approximate surface area is 142 Å². The van der Waals surface area contributed by atoms with E-state index in [1.807, 2.05) is 34.6 Å². The SMILES string of the molecule is CC.CCC1=C(C)N=c2sc(C(=O)OC(C)C)c(N)c2=C(C)C1. The lowest BCUT2D eigenvalue weighted by Gasteiger charge is -2.07. The molecule has 2 heterocycles. The van der Waals surface area contributed by atoms with Crippen molar-refractivity contribution in [3.63, 3.8) is 0 Å². The second kappa shape index (κ2) is 8.29. The quantitative estimate of drug-likeness (QED) is 0.854. The number of allylic oxidation sites excluding steroid dienone is 2. The topological polar surface area (TPSA) is 64.7 Å². The van der Waals surface area contributed by atoms with E-state index in [9.17, 15) is 4.79 Å². The van der Waals surface area contributed by atoms with Gasteiger partial charge in [-0.15, -0.1) is 11.3 Å². The summed E-state index contributed by atoms with van der Waals surface area (Å²) in [4.78, 5) is 17.3. The smallest absolute Gasteiger partial charge is 0.350 e. The summed E-state index contributed by atoms with van der Waals surface area (Å²) in [5, 5.41) is 0.915. The van der Waals surface area contributed by atoms with E-state index < -0.39 is 0 Å². The van der Waals surface area contributed by atoms with E-state index in [2.05, 4.69) is 18.8 Å². The number of nitrogens with two attached hydrogens (primary N) is 1. The second-order valence-electron chi connectivity index (χ2n) is 5.59. The predicted octanol–water partition coefficient (Wildman–Crippen LogP) is 3.80. The third-order valence-electron chi connectivity index (χ3n) is 3.57. The molecule has 0 radical (unpaired) electrons. The lowest BCUT2D eigenvalue weighted by atomic mass is 10.0. The number of hydrogen-bond donors (Lipinski definition) is 1. The zero-order chi connectivity index (χ0) is 17.7. The molecular weight excluding hydrogens is 308 g/mol. The van der Waals surface area contributed by atoms with E-state index in [1.165, 1.54) is 22.5 Å². The van der Waals surface area contributed by atoms with Gasteiger partial charge in [0.15, 0.2) is 0 Å². The van der Waals surface area contributed by atoms with E-state index in [4.69, 9.17) is 10.5 Å². The van der Waals surface area contributed by atoms with E-state index in [-0.39, 0.29) is 12.1 Å². The molecule has 128 valence electrons.